The maximum Gasteiger partial charge on any atom is 0.166 e. The number of hydrogen-bond donors (Lipinski definition) is 0. The Bertz CT molecular complexity index is 379. The molecule has 92 valence electrons. The second-order valence-electron chi connectivity index (χ2n) is 4.21. The Morgan fingerprint density at radius 3 is 2.41 bits per heavy atom. The third-order valence-electron chi connectivity index (χ3n) is 3.14. The predicted molar refractivity (Wildman–Crippen MR) is 61.9 cm³/mol. The summed E-state index contributed by atoms with van der Waals surface area (Å²) in [7, 11) is 1.60. The number of carbonyl (C=O) groups is 1. The van der Waals surface area contributed by atoms with E-state index in [1.54, 1.807) is 31.4 Å². The highest BCUT2D eigenvalue weighted by Gasteiger charge is 2.29. The van der Waals surface area contributed by atoms with Crippen molar-refractivity contribution in [2.45, 2.75) is 6.92 Å². The zero-order valence-corrected chi connectivity index (χ0v) is 10.0. The number of rotatable bonds is 4. The fourth-order valence-corrected chi connectivity index (χ4v) is 1.84. The van der Waals surface area contributed by atoms with Crippen molar-refractivity contribution in [1.29, 1.82) is 0 Å². The van der Waals surface area contributed by atoms with Gasteiger partial charge in [0.05, 0.1) is 20.3 Å². The molecule has 1 aromatic rings. The Balaban J connectivity index is 2.07. The number of ether oxygens (including phenoxy) is 1. The van der Waals surface area contributed by atoms with E-state index < -0.39 is 0 Å². The molecule has 4 heteroatoms. The maximum atomic E-state index is 12.2. The van der Waals surface area contributed by atoms with Crippen LogP contribution in [-0.2, 0) is 9.78 Å². The topological polar surface area (TPSA) is 44.8 Å². The molecule has 0 bridgehead atoms. The summed E-state index contributed by atoms with van der Waals surface area (Å²) in [5.74, 6) is 0.920. The number of hydrogen-bond acceptors (Lipinski definition) is 4. The fourth-order valence-electron chi connectivity index (χ4n) is 1.84. The highest BCUT2D eigenvalue weighted by Crippen LogP contribution is 2.23. The molecule has 2 rings (SSSR count). The molecule has 1 aliphatic rings. The van der Waals surface area contributed by atoms with Gasteiger partial charge in [-0.3, -0.25) is 4.79 Å². The molecular weight excluding hydrogens is 220 g/mol. The molecule has 0 aromatic heterocycles. The lowest BCUT2D eigenvalue weighted by Crippen LogP contribution is -2.23. The van der Waals surface area contributed by atoms with Crippen LogP contribution in [0.25, 0.3) is 0 Å². The Labute approximate surface area is 100 Å². The molecule has 17 heavy (non-hydrogen) atoms. The minimum atomic E-state index is -0.0918. The van der Waals surface area contributed by atoms with Crippen LogP contribution in [0.3, 0.4) is 0 Å². The van der Waals surface area contributed by atoms with E-state index in [1.807, 2.05) is 6.92 Å². The van der Waals surface area contributed by atoms with Crippen molar-refractivity contribution < 1.29 is 19.3 Å². The zero-order chi connectivity index (χ0) is 12.3. The monoisotopic (exact) mass is 236 g/mol. The molecule has 1 fully saturated rings. The number of benzene rings is 1. The first-order chi connectivity index (χ1) is 8.22. The second-order valence-corrected chi connectivity index (χ2v) is 4.21. The molecule has 0 amide bonds. The summed E-state index contributed by atoms with van der Waals surface area (Å²) in [5, 5.41) is 0. The van der Waals surface area contributed by atoms with E-state index in [4.69, 9.17) is 14.5 Å². The first-order valence-electron chi connectivity index (χ1n) is 5.65. The molecule has 0 aliphatic carbocycles. The van der Waals surface area contributed by atoms with Crippen LogP contribution >= 0.6 is 0 Å². The van der Waals surface area contributed by atoms with E-state index in [-0.39, 0.29) is 17.6 Å². The van der Waals surface area contributed by atoms with Gasteiger partial charge in [0.25, 0.3) is 0 Å². The fraction of sp³-hybridized carbons (Fsp3) is 0.462. The summed E-state index contributed by atoms with van der Waals surface area (Å²) in [6, 6.07) is 7.16. The van der Waals surface area contributed by atoms with Gasteiger partial charge in [-0.2, -0.15) is 0 Å². The van der Waals surface area contributed by atoms with Gasteiger partial charge in [-0.1, -0.05) is 6.92 Å². The molecule has 4 nitrogen and oxygen atoms in total. The largest absolute Gasteiger partial charge is 0.497 e. The van der Waals surface area contributed by atoms with Gasteiger partial charge >= 0.3 is 0 Å². The van der Waals surface area contributed by atoms with Crippen LogP contribution in [0, 0.1) is 11.8 Å². The van der Waals surface area contributed by atoms with Crippen molar-refractivity contribution in [3.05, 3.63) is 29.8 Å². The van der Waals surface area contributed by atoms with Crippen LogP contribution in [-0.4, -0.2) is 26.1 Å². The molecule has 1 saturated heterocycles. The van der Waals surface area contributed by atoms with Crippen molar-refractivity contribution in [3.63, 3.8) is 0 Å². The van der Waals surface area contributed by atoms with Gasteiger partial charge in [-0.05, 0) is 24.3 Å². The highest BCUT2D eigenvalue weighted by atomic mass is 17.2. The van der Waals surface area contributed by atoms with E-state index in [9.17, 15) is 4.79 Å². The quantitative estimate of drug-likeness (QED) is 0.593. The Morgan fingerprint density at radius 2 is 1.88 bits per heavy atom. The second kappa shape index (κ2) is 5.29. The summed E-state index contributed by atoms with van der Waals surface area (Å²) in [6.45, 7) is 2.89. The first-order valence-corrected chi connectivity index (χ1v) is 5.65. The van der Waals surface area contributed by atoms with Crippen molar-refractivity contribution >= 4 is 5.78 Å². The van der Waals surface area contributed by atoms with E-state index in [1.165, 1.54) is 0 Å². The normalized spacial score (nSPS) is 18.0. The predicted octanol–water partition coefficient (Wildman–Crippen LogP) is 2.09. The Morgan fingerprint density at radius 1 is 1.29 bits per heavy atom. The van der Waals surface area contributed by atoms with Crippen molar-refractivity contribution in [2.24, 2.45) is 11.8 Å². The van der Waals surface area contributed by atoms with Crippen molar-refractivity contribution in [1.82, 2.24) is 0 Å². The number of ketones is 1. The van der Waals surface area contributed by atoms with E-state index in [2.05, 4.69) is 0 Å². The van der Waals surface area contributed by atoms with Crippen LogP contribution < -0.4 is 4.74 Å². The maximum absolute atomic E-state index is 12.2. The van der Waals surface area contributed by atoms with Gasteiger partial charge < -0.3 is 4.74 Å². The summed E-state index contributed by atoms with van der Waals surface area (Å²) >= 11 is 0. The van der Waals surface area contributed by atoms with Gasteiger partial charge in [-0.25, -0.2) is 9.78 Å². The van der Waals surface area contributed by atoms with Gasteiger partial charge in [0.2, 0.25) is 0 Å². The summed E-state index contributed by atoms with van der Waals surface area (Å²) < 4.78 is 5.06. The molecule has 1 aromatic carbocycles. The number of carbonyl (C=O) groups excluding carboxylic acids is 1. The Kier molecular flexibility index (Phi) is 3.76. The standard InChI is InChI=1S/C13H16O4/c1-9(11-7-16-17-8-11)13(14)10-3-5-12(15-2)6-4-10/h3-6,9,11H,7-8H2,1-2H3. The minimum Gasteiger partial charge on any atom is -0.497 e. The van der Waals surface area contributed by atoms with Gasteiger partial charge in [-0.15, -0.1) is 0 Å². The lowest BCUT2D eigenvalue weighted by molar-refractivity contribution is -0.248. The molecule has 1 heterocycles. The van der Waals surface area contributed by atoms with Crippen LogP contribution in [0.2, 0.25) is 0 Å². The highest BCUT2D eigenvalue weighted by molar-refractivity contribution is 5.97. The molecule has 1 aliphatic heterocycles. The summed E-state index contributed by atoms with van der Waals surface area (Å²) in [5.41, 5.74) is 0.699. The smallest absolute Gasteiger partial charge is 0.166 e. The molecular formula is C13H16O4. The lowest BCUT2D eigenvalue weighted by Gasteiger charge is -2.14. The number of Topliss-reactive ketones (excluding diaryl/α,β-unsaturated/α-hetero) is 1. The van der Waals surface area contributed by atoms with E-state index >= 15 is 0 Å². The molecule has 0 saturated carbocycles. The third-order valence-corrected chi connectivity index (χ3v) is 3.14. The SMILES string of the molecule is COc1ccc(C(=O)C(C)C2COOC2)cc1. The van der Waals surface area contributed by atoms with Gasteiger partial charge in [0, 0.05) is 17.4 Å². The molecule has 0 N–H and O–H groups in total. The molecule has 1 atom stereocenters. The summed E-state index contributed by atoms with van der Waals surface area (Å²) in [6.07, 6.45) is 0. The van der Waals surface area contributed by atoms with E-state index in [0.717, 1.165) is 5.75 Å². The van der Waals surface area contributed by atoms with Crippen LogP contribution in [0.15, 0.2) is 24.3 Å². The Hall–Kier alpha value is -1.39. The lowest BCUT2D eigenvalue weighted by atomic mass is 9.88. The molecule has 0 spiro atoms. The molecule has 0 radical (unpaired) electrons. The molecule has 1 unspecified atom stereocenters. The average Bonchev–Trinajstić information content (AvgIpc) is 2.91. The van der Waals surface area contributed by atoms with Crippen LogP contribution in [0.4, 0.5) is 0 Å². The van der Waals surface area contributed by atoms with Crippen molar-refractivity contribution in [3.8, 4) is 5.75 Å². The van der Waals surface area contributed by atoms with E-state index in [0.29, 0.717) is 18.8 Å². The zero-order valence-electron chi connectivity index (χ0n) is 10.0. The average molecular weight is 236 g/mol. The van der Waals surface area contributed by atoms with Crippen LogP contribution in [0.5, 0.6) is 5.75 Å². The van der Waals surface area contributed by atoms with Gasteiger partial charge in [0.15, 0.2) is 5.78 Å². The van der Waals surface area contributed by atoms with Crippen molar-refractivity contribution in [2.75, 3.05) is 20.3 Å². The minimum absolute atomic E-state index is 0.0918. The summed E-state index contributed by atoms with van der Waals surface area (Å²) in [4.78, 5) is 21.8. The van der Waals surface area contributed by atoms with Gasteiger partial charge in [0.1, 0.15) is 5.75 Å². The number of methoxy groups -OCH3 is 1. The first kappa shape index (κ1) is 12.1. The van der Waals surface area contributed by atoms with Crippen LogP contribution in [0.1, 0.15) is 17.3 Å². The third kappa shape index (κ3) is 2.65.